The molecule has 1 aromatic rings. The summed E-state index contributed by atoms with van der Waals surface area (Å²) in [5, 5.41) is 0. The lowest BCUT2D eigenvalue weighted by Gasteiger charge is -2.37. The predicted molar refractivity (Wildman–Crippen MR) is 108 cm³/mol. The van der Waals surface area contributed by atoms with E-state index >= 15 is 0 Å². The fourth-order valence-corrected chi connectivity index (χ4v) is 5.93. The van der Waals surface area contributed by atoms with E-state index in [4.69, 9.17) is 0 Å². The lowest BCUT2D eigenvalue weighted by molar-refractivity contribution is 0.136. The number of nitrogens with zero attached hydrogens (tertiary/aromatic N) is 2. The van der Waals surface area contributed by atoms with Gasteiger partial charge in [-0.2, -0.15) is 0 Å². The summed E-state index contributed by atoms with van der Waals surface area (Å²) < 4.78 is 27.3. The van der Waals surface area contributed by atoms with E-state index < -0.39 is 10.0 Å². The van der Waals surface area contributed by atoms with Gasteiger partial charge in [-0.25, -0.2) is 12.7 Å². The smallest absolute Gasteiger partial charge is 0.218 e. The highest BCUT2D eigenvalue weighted by atomic mass is 32.2. The van der Waals surface area contributed by atoms with Crippen LogP contribution in [0.4, 0.5) is 0 Å². The Labute approximate surface area is 159 Å². The van der Waals surface area contributed by atoms with E-state index in [0.717, 1.165) is 36.4 Å². The second kappa shape index (κ2) is 8.41. The summed E-state index contributed by atoms with van der Waals surface area (Å²) in [6, 6.07) is 5.98. The zero-order chi connectivity index (χ0) is 18.7. The molecule has 0 radical (unpaired) electrons. The van der Waals surface area contributed by atoms with Crippen molar-refractivity contribution >= 4 is 10.0 Å². The lowest BCUT2D eigenvalue weighted by Crippen LogP contribution is -2.43. The number of benzene rings is 1. The number of piperidine rings is 2. The molecule has 146 valence electrons. The first-order chi connectivity index (χ1) is 12.3. The molecule has 0 N–H and O–H groups in total. The molecule has 2 heterocycles. The van der Waals surface area contributed by atoms with Crippen LogP contribution in [0.15, 0.2) is 18.2 Å². The summed E-state index contributed by atoms with van der Waals surface area (Å²) >= 11 is 0. The van der Waals surface area contributed by atoms with Crippen molar-refractivity contribution < 1.29 is 8.42 Å². The predicted octanol–water partition coefficient (Wildman–Crippen LogP) is 3.58. The molecular formula is C21H34N2O2S. The molecule has 2 aliphatic rings. The third kappa shape index (κ3) is 5.08. The van der Waals surface area contributed by atoms with Crippen LogP contribution in [0, 0.1) is 25.7 Å². The number of rotatable bonds is 5. The second-order valence-corrected chi connectivity index (χ2v) is 10.5. The molecule has 1 atom stereocenters. The third-order valence-electron chi connectivity index (χ3n) is 6.14. The van der Waals surface area contributed by atoms with Crippen LogP contribution >= 0.6 is 0 Å². The van der Waals surface area contributed by atoms with E-state index in [9.17, 15) is 8.42 Å². The van der Waals surface area contributed by atoms with E-state index in [2.05, 4.69) is 18.7 Å². The molecule has 4 nitrogen and oxygen atoms in total. The van der Waals surface area contributed by atoms with Gasteiger partial charge in [-0.1, -0.05) is 25.1 Å². The maximum absolute atomic E-state index is 12.8. The van der Waals surface area contributed by atoms with Crippen LogP contribution in [-0.2, 0) is 15.8 Å². The van der Waals surface area contributed by atoms with E-state index in [0.29, 0.717) is 19.0 Å². The quantitative estimate of drug-likeness (QED) is 0.786. The summed E-state index contributed by atoms with van der Waals surface area (Å²) in [5.41, 5.74) is 3.27. The molecule has 2 fully saturated rings. The Morgan fingerprint density at radius 1 is 1.04 bits per heavy atom. The Morgan fingerprint density at radius 3 is 2.42 bits per heavy atom. The highest BCUT2D eigenvalue weighted by Gasteiger charge is 2.29. The number of aryl methyl sites for hydroxylation is 2. The van der Waals surface area contributed by atoms with Crippen LogP contribution in [0.1, 0.15) is 49.3 Å². The van der Waals surface area contributed by atoms with Crippen molar-refractivity contribution in [3.05, 3.63) is 34.9 Å². The van der Waals surface area contributed by atoms with Gasteiger partial charge in [-0.05, 0) is 74.6 Å². The fraction of sp³-hybridized carbons (Fsp3) is 0.714. The van der Waals surface area contributed by atoms with E-state index in [1.165, 1.54) is 31.5 Å². The molecule has 0 spiro atoms. The van der Waals surface area contributed by atoms with Crippen LogP contribution in [0.25, 0.3) is 0 Å². The maximum Gasteiger partial charge on any atom is 0.218 e. The number of hydrogen-bond acceptors (Lipinski definition) is 3. The Balaban J connectivity index is 1.52. The second-order valence-electron chi connectivity index (χ2n) is 8.52. The zero-order valence-corrected chi connectivity index (χ0v) is 17.4. The SMILES string of the molecule is Cc1ccc(CS(=O)(=O)N2CCC(CN3CCC[C@H](C)C3)CC2)cc1C. The largest absolute Gasteiger partial charge is 0.303 e. The van der Waals surface area contributed by atoms with Gasteiger partial charge >= 0.3 is 0 Å². The number of sulfonamides is 1. The molecule has 5 heteroatoms. The third-order valence-corrected chi connectivity index (χ3v) is 7.99. The molecule has 2 saturated heterocycles. The van der Waals surface area contributed by atoms with Crippen LogP contribution in [0.2, 0.25) is 0 Å². The number of likely N-dealkylation sites (tertiary alicyclic amines) is 1. The van der Waals surface area contributed by atoms with Gasteiger partial charge < -0.3 is 4.90 Å². The van der Waals surface area contributed by atoms with Crippen molar-refractivity contribution in [2.24, 2.45) is 11.8 Å². The van der Waals surface area contributed by atoms with Crippen LogP contribution in [0.3, 0.4) is 0 Å². The average Bonchev–Trinajstić information content (AvgIpc) is 2.58. The van der Waals surface area contributed by atoms with Gasteiger partial charge in [0.1, 0.15) is 0 Å². The molecular weight excluding hydrogens is 344 g/mol. The maximum atomic E-state index is 12.8. The molecule has 3 rings (SSSR count). The van der Waals surface area contributed by atoms with Crippen molar-refractivity contribution in [3.63, 3.8) is 0 Å². The monoisotopic (exact) mass is 378 g/mol. The fourth-order valence-electron chi connectivity index (χ4n) is 4.38. The minimum Gasteiger partial charge on any atom is -0.303 e. The molecule has 0 aromatic heterocycles. The van der Waals surface area contributed by atoms with Gasteiger partial charge in [0.25, 0.3) is 0 Å². The summed E-state index contributed by atoms with van der Waals surface area (Å²) in [5.74, 6) is 1.58. The summed E-state index contributed by atoms with van der Waals surface area (Å²) in [6.45, 7) is 11.4. The first-order valence-electron chi connectivity index (χ1n) is 10.1. The minimum absolute atomic E-state index is 0.127. The molecule has 0 bridgehead atoms. The van der Waals surface area contributed by atoms with Gasteiger partial charge in [0.15, 0.2) is 0 Å². The van der Waals surface area contributed by atoms with Crippen molar-refractivity contribution in [2.45, 2.75) is 52.2 Å². The molecule has 1 aromatic carbocycles. The van der Waals surface area contributed by atoms with Crippen LogP contribution < -0.4 is 0 Å². The zero-order valence-electron chi connectivity index (χ0n) is 16.6. The highest BCUT2D eigenvalue weighted by Crippen LogP contribution is 2.25. The lowest BCUT2D eigenvalue weighted by atomic mass is 9.94. The highest BCUT2D eigenvalue weighted by molar-refractivity contribution is 7.88. The van der Waals surface area contributed by atoms with Gasteiger partial charge in [0.05, 0.1) is 5.75 Å². The summed E-state index contributed by atoms with van der Waals surface area (Å²) in [7, 11) is -3.21. The first-order valence-corrected chi connectivity index (χ1v) is 11.7. The standard InChI is InChI=1S/C21H34N2O2S/c1-17-5-4-10-22(14-17)15-20-8-11-23(12-9-20)26(24,25)16-21-7-6-18(2)19(3)13-21/h6-7,13,17,20H,4-5,8-12,14-16H2,1-3H3/t17-/m0/s1. The van der Waals surface area contributed by atoms with E-state index in [1.807, 2.05) is 25.1 Å². The van der Waals surface area contributed by atoms with Crippen LogP contribution in [0.5, 0.6) is 0 Å². The van der Waals surface area contributed by atoms with E-state index in [-0.39, 0.29) is 5.75 Å². The molecule has 0 amide bonds. The molecule has 2 aliphatic heterocycles. The van der Waals surface area contributed by atoms with Crippen molar-refractivity contribution in [1.82, 2.24) is 9.21 Å². The summed E-state index contributed by atoms with van der Waals surface area (Å²) in [6.07, 6.45) is 4.66. The molecule has 0 unspecified atom stereocenters. The van der Waals surface area contributed by atoms with Crippen molar-refractivity contribution in [3.8, 4) is 0 Å². The molecule has 26 heavy (non-hydrogen) atoms. The Bertz CT molecular complexity index is 709. The Hall–Kier alpha value is -0.910. The first kappa shape index (κ1) is 19.8. The topological polar surface area (TPSA) is 40.6 Å². The van der Waals surface area contributed by atoms with Crippen molar-refractivity contribution in [2.75, 3.05) is 32.7 Å². The van der Waals surface area contributed by atoms with Gasteiger partial charge in [-0.15, -0.1) is 0 Å². The average molecular weight is 379 g/mol. The van der Waals surface area contributed by atoms with Gasteiger partial charge in [-0.3, -0.25) is 0 Å². The van der Waals surface area contributed by atoms with E-state index in [1.54, 1.807) is 4.31 Å². The molecule has 0 aliphatic carbocycles. The normalized spacial score (nSPS) is 24.0. The molecule has 0 saturated carbocycles. The Kier molecular flexibility index (Phi) is 6.41. The van der Waals surface area contributed by atoms with Gasteiger partial charge in [0, 0.05) is 26.2 Å². The minimum atomic E-state index is -3.21. The van der Waals surface area contributed by atoms with Gasteiger partial charge in [0.2, 0.25) is 10.0 Å². The van der Waals surface area contributed by atoms with Crippen LogP contribution in [-0.4, -0.2) is 50.3 Å². The van der Waals surface area contributed by atoms with Crippen molar-refractivity contribution in [1.29, 1.82) is 0 Å². The Morgan fingerprint density at radius 2 is 1.77 bits per heavy atom. The number of hydrogen-bond donors (Lipinski definition) is 0. The summed E-state index contributed by atoms with van der Waals surface area (Å²) in [4.78, 5) is 2.60.